The number of carbonyl (C=O) groups excluding carboxylic acids is 1. The first kappa shape index (κ1) is 16.0. The van der Waals surface area contributed by atoms with E-state index in [0.29, 0.717) is 5.56 Å². The second-order valence-corrected chi connectivity index (χ2v) is 5.28. The summed E-state index contributed by atoms with van der Waals surface area (Å²) in [5.74, 6) is -0.164. The van der Waals surface area contributed by atoms with E-state index in [1.54, 1.807) is 0 Å². The maximum atomic E-state index is 12.3. The zero-order valence-corrected chi connectivity index (χ0v) is 13.2. The topological polar surface area (TPSA) is 41.5 Å². The molecule has 2 rings (SSSR count). The van der Waals surface area contributed by atoms with Crippen LogP contribution < -0.4 is 5.43 Å². The molecule has 0 aliphatic heterocycles. The van der Waals surface area contributed by atoms with Gasteiger partial charge in [-0.05, 0) is 37.0 Å². The van der Waals surface area contributed by atoms with E-state index in [2.05, 4.69) is 17.5 Å². The van der Waals surface area contributed by atoms with Crippen molar-refractivity contribution in [1.82, 2.24) is 5.43 Å². The summed E-state index contributed by atoms with van der Waals surface area (Å²) in [7, 11) is 0. The van der Waals surface area contributed by atoms with Crippen molar-refractivity contribution in [1.29, 1.82) is 0 Å². The predicted molar refractivity (Wildman–Crippen MR) is 91.1 cm³/mol. The van der Waals surface area contributed by atoms with Gasteiger partial charge < -0.3 is 0 Å². The van der Waals surface area contributed by atoms with Crippen molar-refractivity contribution in [3.63, 3.8) is 0 Å². The SMILES string of the molecule is CCCC/C(=N\NC(=O)c1ccccc1C)c1ccccc1. The third-order valence-electron chi connectivity index (χ3n) is 3.56. The largest absolute Gasteiger partial charge is 0.271 e. The number of nitrogens with one attached hydrogen (secondary N) is 1. The van der Waals surface area contributed by atoms with Gasteiger partial charge in [0.1, 0.15) is 0 Å². The first-order chi connectivity index (χ1) is 10.7. The Hall–Kier alpha value is -2.42. The van der Waals surface area contributed by atoms with Crippen molar-refractivity contribution in [2.24, 2.45) is 5.10 Å². The monoisotopic (exact) mass is 294 g/mol. The van der Waals surface area contributed by atoms with Crippen molar-refractivity contribution in [3.05, 3.63) is 71.3 Å². The van der Waals surface area contributed by atoms with Gasteiger partial charge in [-0.1, -0.05) is 61.9 Å². The van der Waals surface area contributed by atoms with Crippen LogP contribution in [0.5, 0.6) is 0 Å². The number of aryl methyl sites for hydroxylation is 1. The van der Waals surface area contributed by atoms with Crippen LogP contribution in [0.15, 0.2) is 59.7 Å². The second kappa shape index (κ2) is 8.13. The first-order valence-electron chi connectivity index (χ1n) is 7.70. The summed E-state index contributed by atoms with van der Waals surface area (Å²) in [4.78, 5) is 12.3. The Morgan fingerprint density at radius 1 is 1.05 bits per heavy atom. The zero-order chi connectivity index (χ0) is 15.8. The van der Waals surface area contributed by atoms with Gasteiger partial charge in [-0.2, -0.15) is 5.10 Å². The summed E-state index contributed by atoms with van der Waals surface area (Å²) in [6.07, 6.45) is 3.00. The van der Waals surface area contributed by atoms with E-state index in [9.17, 15) is 4.79 Å². The van der Waals surface area contributed by atoms with E-state index in [-0.39, 0.29) is 5.91 Å². The number of hydrogen-bond donors (Lipinski definition) is 1. The Kier molecular flexibility index (Phi) is 5.90. The minimum atomic E-state index is -0.164. The van der Waals surface area contributed by atoms with Gasteiger partial charge in [0.15, 0.2) is 0 Å². The fourth-order valence-electron chi connectivity index (χ4n) is 2.25. The molecule has 0 atom stereocenters. The molecule has 0 radical (unpaired) electrons. The van der Waals surface area contributed by atoms with Crippen molar-refractivity contribution < 1.29 is 4.79 Å². The van der Waals surface area contributed by atoms with Crippen LogP contribution in [-0.2, 0) is 0 Å². The molecule has 0 saturated carbocycles. The maximum absolute atomic E-state index is 12.3. The number of amides is 1. The highest BCUT2D eigenvalue weighted by atomic mass is 16.2. The van der Waals surface area contributed by atoms with Gasteiger partial charge in [0.2, 0.25) is 0 Å². The number of benzene rings is 2. The molecule has 3 heteroatoms. The highest BCUT2D eigenvalue weighted by Crippen LogP contribution is 2.09. The maximum Gasteiger partial charge on any atom is 0.271 e. The third-order valence-corrected chi connectivity index (χ3v) is 3.56. The summed E-state index contributed by atoms with van der Waals surface area (Å²) < 4.78 is 0. The number of nitrogens with zero attached hydrogens (tertiary/aromatic N) is 1. The molecule has 1 N–H and O–H groups in total. The second-order valence-electron chi connectivity index (χ2n) is 5.28. The van der Waals surface area contributed by atoms with Gasteiger partial charge in [-0.15, -0.1) is 0 Å². The van der Waals surface area contributed by atoms with E-state index in [1.807, 2.05) is 61.5 Å². The molecule has 0 aliphatic carbocycles. The molecule has 0 bridgehead atoms. The zero-order valence-electron chi connectivity index (χ0n) is 13.2. The highest BCUT2D eigenvalue weighted by Gasteiger charge is 2.08. The molecule has 0 unspecified atom stereocenters. The van der Waals surface area contributed by atoms with E-state index >= 15 is 0 Å². The molecule has 2 aromatic carbocycles. The van der Waals surface area contributed by atoms with E-state index in [1.165, 1.54) is 0 Å². The van der Waals surface area contributed by atoms with Crippen LogP contribution in [-0.4, -0.2) is 11.6 Å². The molecule has 3 nitrogen and oxygen atoms in total. The van der Waals surface area contributed by atoms with Crippen molar-refractivity contribution >= 4 is 11.6 Å². The summed E-state index contributed by atoms with van der Waals surface area (Å²) in [6.45, 7) is 4.07. The summed E-state index contributed by atoms with van der Waals surface area (Å²) in [6, 6.07) is 17.5. The number of hydrogen-bond acceptors (Lipinski definition) is 2. The van der Waals surface area contributed by atoms with E-state index in [0.717, 1.165) is 36.1 Å². The number of hydrazone groups is 1. The predicted octanol–water partition coefficient (Wildman–Crippen LogP) is 4.32. The standard InChI is InChI=1S/C19H22N2O/c1-3-4-14-18(16-11-6-5-7-12-16)20-21-19(22)17-13-9-8-10-15(17)2/h5-13H,3-4,14H2,1-2H3,(H,21,22)/b20-18+. The van der Waals surface area contributed by atoms with E-state index < -0.39 is 0 Å². The van der Waals surface area contributed by atoms with Gasteiger partial charge >= 0.3 is 0 Å². The summed E-state index contributed by atoms with van der Waals surface area (Å²) in [5.41, 5.74) is 6.28. The van der Waals surface area contributed by atoms with Crippen molar-refractivity contribution in [2.75, 3.05) is 0 Å². The molecule has 0 spiro atoms. The minimum absolute atomic E-state index is 0.164. The van der Waals surface area contributed by atoms with Crippen LogP contribution in [0.4, 0.5) is 0 Å². The van der Waals surface area contributed by atoms with Gasteiger partial charge in [-0.25, -0.2) is 5.43 Å². The molecule has 22 heavy (non-hydrogen) atoms. The lowest BCUT2D eigenvalue weighted by Gasteiger charge is -2.08. The Balaban J connectivity index is 2.16. The van der Waals surface area contributed by atoms with Crippen LogP contribution in [0.25, 0.3) is 0 Å². The summed E-state index contributed by atoms with van der Waals surface area (Å²) in [5, 5.41) is 4.37. The van der Waals surface area contributed by atoms with Crippen LogP contribution in [0.2, 0.25) is 0 Å². The van der Waals surface area contributed by atoms with E-state index in [4.69, 9.17) is 0 Å². The van der Waals surface area contributed by atoms with Gasteiger partial charge in [0.25, 0.3) is 5.91 Å². The first-order valence-corrected chi connectivity index (χ1v) is 7.70. The highest BCUT2D eigenvalue weighted by molar-refractivity contribution is 6.02. The molecule has 2 aromatic rings. The molecular formula is C19H22N2O. The Bertz CT molecular complexity index is 647. The molecule has 114 valence electrons. The van der Waals surface area contributed by atoms with Gasteiger partial charge in [0, 0.05) is 5.56 Å². The average Bonchev–Trinajstić information content (AvgIpc) is 2.56. The molecule has 0 saturated heterocycles. The lowest BCUT2D eigenvalue weighted by atomic mass is 10.1. The van der Waals surface area contributed by atoms with Crippen LogP contribution >= 0.6 is 0 Å². The number of carbonyl (C=O) groups is 1. The molecule has 0 fully saturated rings. The number of rotatable bonds is 6. The molecule has 0 aliphatic rings. The lowest BCUT2D eigenvalue weighted by molar-refractivity contribution is 0.0954. The lowest BCUT2D eigenvalue weighted by Crippen LogP contribution is -2.21. The molecule has 0 aromatic heterocycles. The quantitative estimate of drug-likeness (QED) is 0.625. The summed E-state index contributed by atoms with van der Waals surface area (Å²) >= 11 is 0. The van der Waals surface area contributed by atoms with Crippen molar-refractivity contribution in [3.8, 4) is 0 Å². The van der Waals surface area contributed by atoms with Gasteiger partial charge in [0.05, 0.1) is 5.71 Å². The molecular weight excluding hydrogens is 272 g/mol. The van der Waals surface area contributed by atoms with Crippen LogP contribution in [0.1, 0.15) is 47.7 Å². The Labute approximate surface area is 132 Å². The van der Waals surface area contributed by atoms with Crippen LogP contribution in [0, 0.1) is 6.92 Å². The molecule has 1 amide bonds. The van der Waals surface area contributed by atoms with Crippen molar-refractivity contribution in [2.45, 2.75) is 33.1 Å². The Morgan fingerprint density at radius 3 is 2.41 bits per heavy atom. The number of unbranched alkanes of at least 4 members (excludes halogenated alkanes) is 1. The van der Waals surface area contributed by atoms with Gasteiger partial charge in [-0.3, -0.25) is 4.79 Å². The van der Waals surface area contributed by atoms with Crippen LogP contribution in [0.3, 0.4) is 0 Å². The minimum Gasteiger partial charge on any atom is -0.267 e. The Morgan fingerprint density at radius 2 is 1.73 bits per heavy atom. The normalized spacial score (nSPS) is 11.3. The third kappa shape index (κ3) is 4.29. The fourth-order valence-corrected chi connectivity index (χ4v) is 2.25. The average molecular weight is 294 g/mol. The fraction of sp³-hybridized carbons (Fsp3) is 0.263. The molecule has 0 heterocycles. The smallest absolute Gasteiger partial charge is 0.267 e.